The molecule has 236 valence electrons. The Labute approximate surface area is 287 Å². The molecule has 0 bridgehead atoms. The minimum absolute atomic E-state index is 0.595. The molecule has 6 aromatic carbocycles. The third-order valence-corrected chi connectivity index (χ3v) is 9.36. The highest BCUT2D eigenvalue weighted by molar-refractivity contribution is 6.06. The summed E-state index contributed by atoms with van der Waals surface area (Å²) in [4.78, 5) is 6.98. The number of nitrogens with zero attached hydrogens (tertiary/aromatic N) is 2. The van der Waals surface area contributed by atoms with Crippen molar-refractivity contribution in [3.8, 4) is 45.2 Å². The van der Waals surface area contributed by atoms with Gasteiger partial charge >= 0.3 is 0 Å². The van der Waals surface area contributed by atoms with Crippen molar-refractivity contribution in [3.05, 3.63) is 170 Å². The second-order valence-corrected chi connectivity index (χ2v) is 12.4. The molecular formula is C45H28N2O3. The molecule has 1 aliphatic carbocycles. The SMILES string of the molecule is c1cc2ccc(-c3ccccc3N(c3ccc(-c4ccc5c(c4)oc4ccccc45)cc3)c3ccc(-c4nc5ccccc5o4)cc3)oc-2c1. The predicted octanol–water partition coefficient (Wildman–Crippen LogP) is 12.9. The first-order valence-electron chi connectivity index (χ1n) is 16.6. The molecule has 1 aliphatic heterocycles. The van der Waals surface area contributed by atoms with E-state index >= 15 is 0 Å². The summed E-state index contributed by atoms with van der Waals surface area (Å²) in [5.74, 6) is 2.25. The Hall–Kier alpha value is -6.85. The maximum atomic E-state index is 6.43. The van der Waals surface area contributed by atoms with E-state index in [0.717, 1.165) is 89.4 Å². The molecule has 8 aromatic rings. The molecule has 2 aliphatic rings. The van der Waals surface area contributed by atoms with Crippen molar-refractivity contribution in [2.45, 2.75) is 0 Å². The normalized spacial score (nSPS) is 11.6. The fourth-order valence-electron chi connectivity index (χ4n) is 6.87. The van der Waals surface area contributed by atoms with Gasteiger partial charge in [-0.3, -0.25) is 0 Å². The Kier molecular flexibility index (Phi) is 6.42. The van der Waals surface area contributed by atoms with Gasteiger partial charge in [0, 0.05) is 38.8 Å². The van der Waals surface area contributed by atoms with Gasteiger partial charge in [0.1, 0.15) is 28.2 Å². The number of aromatic nitrogens is 1. The molecule has 0 N–H and O–H groups in total. The molecule has 0 fully saturated rings. The second-order valence-electron chi connectivity index (χ2n) is 12.4. The third kappa shape index (κ3) is 4.75. The highest BCUT2D eigenvalue weighted by atomic mass is 16.3. The number of anilines is 3. The van der Waals surface area contributed by atoms with Gasteiger partial charge in [-0.15, -0.1) is 0 Å². The molecule has 10 rings (SSSR count). The van der Waals surface area contributed by atoms with Gasteiger partial charge in [-0.25, -0.2) is 4.98 Å². The van der Waals surface area contributed by atoms with Crippen LogP contribution in [0.1, 0.15) is 0 Å². The second kappa shape index (κ2) is 11.4. The first-order chi connectivity index (χ1) is 24.7. The van der Waals surface area contributed by atoms with Crippen LogP contribution in [-0.4, -0.2) is 4.98 Å². The first kappa shape index (κ1) is 28.2. The molecule has 0 radical (unpaired) electrons. The zero-order chi connectivity index (χ0) is 33.0. The lowest BCUT2D eigenvalue weighted by atomic mass is 10.0. The van der Waals surface area contributed by atoms with Gasteiger partial charge in [0.25, 0.3) is 0 Å². The van der Waals surface area contributed by atoms with E-state index in [1.807, 2.05) is 60.7 Å². The Bertz CT molecular complexity index is 2730. The van der Waals surface area contributed by atoms with Crippen molar-refractivity contribution in [1.29, 1.82) is 0 Å². The van der Waals surface area contributed by atoms with Crippen LogP contribution in [0.4, 0.5) is 17.1 Å². The van der Waals surface area contributed by atoms with Gasteiger partial charge < -0.3 is 18.2 Å². The van der Waals surface area contributed by atoms with Crippen LogP contribution in [0.3, 0.4) is 0 Å². The van der Waals surface area contributed by atoms with Crippen molar-refractivity contribution in [2.24, 2.45) is 0 Å². The van der Waals surface area contributed by atoms with Gasteiger partial charge in [0.05, 0.1) is 5.69 Å². The number of furan rings is 1. The number of hydrogen-bond acceptors (Lipinski definition) is 5. The minimum Gasteiger partial charge on any atom is -0.456 e. The van der Waals surface area contributed by atoms with E-state index in [2.05, 4.69) is 114 Å². The summed E-state index contributed by atoms with van der Waals surface area (Å²) in [5.41, 5.74) is 11.6. The maximum Gasteiger partial charge on any atom is 0.227 e. The van der Waals surface area contributed by atoms with Gasteiger partial charge in [0.15, 0.2) is 5.58 Å². The van der Waals surface area contributed by atoms with Crippen LogP contribution in [0.25, 0.3) is 78.3 Å². The number of benzene rings is 6. The molecule has 0 spiro atoms. The van der Waals surface area contributed by atoms with E-state index in [4.69, 9.17) is 18.2 Å². The fraction of sp³-hybridized carbons (Fsp3) is 0. The summed E-state index contributed by atoms with van der Waals surface area (Å²) in [6.45, 7) is 0. The lowest BCUT2D eigenvalue weighted by molar-refractivity contribution is 0.583. The van der Waals surface area contributed by atoms with E-state index in [1.54, 1.807) is 0 Å². The van der Waals surface area contributed by atoms with Crippen molar-refractivity contribution in [3.63, 3.8) is 0 Å². The molecule has 0 saturated carbocycles. The molecule has 50 heavy (non-hydrogen) atoms. The average Bonchev–Trinajstić information content (AvgIpc) is 3.92. The van der Waals surface area contributed by atoms with Gasteiger partial charge in [-0.05, 0) is 108 Å². The van der Waals surface area contributed by atoms with E-state index in [1.165, 1.54) is 0 Å². The van der Waals surface area contributed by atoms with Crippen LogP contribution in [0.2, 0.25) is 0 Å². The van der Waals surface area contributed by atoms with Crippen LogP contribution < -0.4 is 4.90 Å². The number of para-hydroxylation sites is 4. The minimum atomic E-state index is 0.595. The molecule has 0 atom stereocenters. The van der Waals surface area contributed by atoms with Crippen LogP contribution in [-0.2, 0) is 0 Å². The average molecular weight is 645 g/mol. The molecule has 2 aromatic heterocycles. The molecule has 0 amide bonds. The lowest BCUT2D eigenvalue weighted by Crippen LogP contribution is -2.11. The van der Waals surface area contributed by atoms with E-state index in [-0.39, 0.29) is 0 Å². The highest BCUT2D eigenvalue weighted by Crippen LogP contribution is 2.43. The van der Waals surface area contributed by atoms with Gasteiger partial charge in [-0.2, -0.15) is 0 Å². The Morgan fingerprint density at radius 1 is 0.400 bits per heavy atom. The molecular weight excluding hydrogens is 617 g/mol. The number of oxazole rings is 1. The lowest BCUT2D eigenvalue weighted by Gasteiger charge is -2.28. The summed E-state index contributed by atoms with van der Waals surface area (Å²) < 4.78 is 18.7. The molecule has 0 saturated heterocycles. The zero-order valence-corrected chi connectivity index (χ0v) is 26.8. The summed E-state index contributed by atoms with van der Waals surface area (Å²) in [6, 6.07) is 58.1. The van der Waals surface area contributed by atoms with E-state index < -0.39 is 0 Å². The number of hydrogen-bond donors (Lipinski definition) is 0. The van der Waals surface area contributed by atoms with Crippen molar-refractivity contribution < 1.29 is 13.3 Å². The maximum absolute atomic E-state index is 6.43. The van der Waals surface area contributed by atoms with Crippen molar-refractivity contribution in [2.75, 3.05) is 4.90 Å². The summed E-state index contributed by atoms with van der Waals surface area (Å²) in [5, 5.41) is 2.25. The fourth-order valence-corrected chi connectivity index (χ4v) is 6.87. The van der Waals surface area contributed by atoms with E-state index in [9.17, 15) is 0 Å². The molecule has 3 heterocycles. The zero-order valence-electron chi connectivity index (χ0n) is 26.8. The third-order valence-electron chi connectivity index (χ3n) is 9.36. The summed E-state index contributed by atoms with van der Waals surface area (Å²) in [7, 11) is 0. The van der Waals surface area contributed by atoms with Crippen LogP contribution in [0.5, 0.6) is 0 Å². The largest absolute Gasteiger partial charge is 0.456 e. The van der Waals surface area contributed by atoms with Gasteiger partial charge in [0.2, 0.25) is 5.89 Å². The number of rotatable bonds is 6. The summed E-state index contributed by atoms with van der Waals surface area (Å²) in [6.07, 6.45) is 0. The Morgan fingerprint density at radius 3 is 1.92 bits per heavy atom. The predicted molar refractivity (Wildman–Crippen MR) is 201 cm³/mol. The monoisotopic (exact) mass is 644 g/mol. The van der Waals surface area contributed by atoms with Crippen molar-refractivity contribution >= 4 is 50.1 Å². The Balaban J connectivity index is 1.08. The standard InChI is InChI=1S/C45H28N2O3/c1-4-12-39(37(10-1)42-27-21-30-8-7-15-40(30)48-42)47(34-24-18-31(19-25-34)45-46-38-11-3-6-14-43(38)50-45)33-22-16-29(17-23-33)32-20-26-36-35-9-2-5-13-41(35)49-44(36)28-32/h1-28H. The van der Waals surface area contributed by atoms with Crippen LogP contribution in [0, 0.1) is 0 Å². The van der Waals surface area contributed by atoms with Crippen LogP contribution in [0.15, 0.2) is 183 Å². The first-order valence-corrected chi connectivity index (χ1v) is 16.6. The number of fused-ring (bicyclic) bond motifs is 5. The van der Waals surface area contributed by atoms with Gasteiger partial charge in [-0.1, -0.05) is 72.8 Å². The van der Waals surface area contributed by atoms with Crippen LogP contribution >= 0.6 is 0 Å². The quantitative estimate of drug-likeness (QED) is 0.180. The Morgan fingerprint density at radius 2 is 1.08 bits per heavy atom. The smallest absolute Gasteiger partial charge is 0.227 e. The molecule has 5 heteroatoms. The summed E-state index contributed by atoms with van der Waals surface area (Å²) >= 11 is 0. The van der Waals surface area contributed by atoms with E-state index in [0.29, 0.717) is 5.89 Å². The topological polar surface area (TPSA) is 55.6 Å². The van der Waals surface area contributed by atoms with Crippen molar-refractivity contribution in [1.82, 2.24) is 4.98 Å². The molecule has 5 nitrogen and oxygen atoms in total. The highest BCUT2D eigenvalue weighted by Gasteiger charge is 2.20. The molecule has 0 unspecified atom stereocenters.